The number of benzene rings is 1. The standard InChI is InChI=1S/C13H15NO/c1-9-7-11(3)12(8-10(9)2)5-4-6-13(14)15/h7-8H,6H2,1-3H3,(H2,14,15). The molecule has 0 aromatic heterocycles. The van der Waals surface area contributed by atoms with Gasteiger partial charge in [-0.3, -0.25) is 4.79 Å². The zero-order valence-corrected chi connectivity index (χ0v) is 9.35. The van der Waals surface area contributed by atoms with Gasteiger partial charge in [-0.2, -0.15) is 0 Å². The second kappa shape index (κ2) is 4.65. The molecule has 0 heterocycles. The molecule has 2 nitrogen and oxygen atoms in total. The average molecular weight is 201 g/mol. The Bertz CT molecular complexity index is 450. The van der Waals surface area contributed by atoms with Gasteiger partial charge in [0.05, 0.1) is 6.42 Å². The summed E-state index contributed by atoms with van der Waals surface area (Å²) in [4.78, 5) is 10.5. The molecule has 1 rings (SSSR count). The van der Waals surface area contributed by atoms with E-state index in [0.717, 1.165) is 11.1 Å². The second-order valence-electron chi connectivity index (χ2n) is 3.70. The molecule has 0 saturated heterocycles. The highest BCUT2D eigenvalue weighted by Crippen LogP contribution is 2.14. The molecule has 0 bridgehead atoms. The van der Waals surface area contributed by atoms with Gasteiger partial charge in [-0.25, -0.2) is 0 Å². The summed E-state index contributed by atoms with van der Waals surface area (Å²) < 4.78 is 0. The van der Waals surface area contributed by atoms with E-state index >= 15 is 0 Å². The van der Waals surface area contributed by atoms with Crippen molar-refractivity contribution in [1.29, 1.82) is 0 Å². The van der Waals surface area contributed by atoms with Crippen molar-refractivity contribution in [2.45, 2.75) is 27.2 Å². The third-order valence-corrected chi connectivity index (χ3v) is 2.33. The van der Waals surface area contributed by atoms with E-state index in [2.05, 4.69) is 24.8 Å². The highest BCUT2D eigenvalue weighted by atomic mass is 16.1. The lowest BCUT2D eigenvalue weighted by Gasteiger charge is -2.03. The summed E-state index contributed by atoms with van der Waals surface area (Å²) in [6, 6.07) is 4.14. The molecule has 2 heteroatoms. The molecule has 0 aliphatic heterocycles. The maximum absolute atomic E-state index is 10.5. The van der Waals surface area contributed by atoms with E-state index in [9.17, 15) is 4.79 Å². The van der Waals surface area contributed by atoms with E-state index in [1.165, 1.54) is 11.1 Å². The number of aryl methyl sites for hydroxylation is 3. The van der Waals surface area contributed by atoms with Crippen LogP contribution >= 0.6 is 0 Å². The van der Waals surface area contributed by atoms with Crippen LogP contribution in [0.1, 0.15) is 28.7 Å². The third-order valence-electron chi connectivity index (χ3n) is 2.33. The number of rotatable bonds is 1. The van der Waals surface area contributed by atoms with Gasteiger partial charge in [0.15, 0.2) is 0 Å². The molecule has 1 aromatic rings. The topological polar surface area (TPSA) is 43.1 Å². The van der Waals surface area contributed by atoms with E-state index in [4.69, 9.17) is 5.73 Å². The van der Waals surface area contributed by atoms with Crippen molar-refractivity contribution in [3.05, 3.63) is 34.4 Å². The number of nitrogens with two attached hydrogens (primary N) is 1. The minimum absolute atomic E-state index is 0.117. The molecule has 0 fully saturated rings. The van der Waals surface area contributed by atoms with Crippen LogP contribution in [0.3, 0.4) is 0 Å². The Morgan fingerprint density at radius 1 is 1.20 bits per heavy atom. The van der Waals surface area contributed by atoms with Crippen molar-refractivity contribution >= 4 is 5.91 Å². The van der Waals surface area contributed by atoms with Crippen LogP contribution in [0.15, 0.2) is 12.1 Å². The highest BCUT2D eigenvalue weighted by Gasteiger charge is 1.98. The SMILES string of the molecule is Cc1cc(C)c(C#CCC(N)=O)cc1C. The molecule has 0 unspecified atom stereocenters. The number of primary amides is 1. The van der Waals surface area contributed by atoms with Gasteiger partial charge in [-0.1, -0.05) is 17.9 Å². The van der Waals surface area contributed by atoms with Gasteiger partial charge in [0.2, 0.25) is 5.91 Å². The smallest absolute Gasteiger partial charge is 0.229 e. The van der Waals surface area contributed by atoms with Crippen LogP contribution in [-0.2, 0) is 4.79 Å². The second-order valence-corrected chi connectivity index (χ2v) is 3.70. The molecule has 0 aliphatic carbocycles. The Morgan fingerprint density at radius 3 is 2.40 bits per heavy atom. The van der Waals surface area contributed by atoms with Gasteiger partial charge < -0.3 is 5.73 Å². The van der Waals surface area contributed by atoms with Crippen molar-refractivity contribution in [3.63, 3.8) is 0 Å². The fraction of sp³-hybridized carbons (Fsp3) is 0.308. The predicted octanol–water partition coefficient (Wildman–Crippen LogP) is 1.84. The van der Waals surface area contributed by atoms with Gasteiger partial charge in [0, 0.05) is 5.56 Å². The normalized spacial score (nSPS) is 9.27. The number of hydrogen-bond acceptors (Lipinski definition) is 1. The van der Waals surface area contributed by atoms with Gasteiger partial charge in [0.1, 0.15) is 0 Å². The summed E-state index contributed by atoms with van der Waals surface area (Å²) in [5.74, 6) is 5.34. The first-order chi connectivity index (χ1) is 7.00. The van der Waals surface area contributed by atoms with Gasteiger partial charge in [-0.15, -0.1) is 0 Å². The molecule has 78 valence electrons. The molecule has 0 aliphatic rings. The van der Waals surface area contributed by atoms with Crippen molar-refractivity contribution in [3.8, 4) is 11.8 Å². The zero-order valence-electron chi connectivity index (χ0n) is 9.35. The summed E-state index contributed by atoms with van der Waals surface area (Å²) in [5, 5.41) is 0. The molecule has 0 saturated carbocycles. The van der Waals surface area contributed by atoms with Crippen molar-refractivity contribution in [2.24, 2.45) is 5.73 Å². The van der Waals surface area contributed by atoms with Gasteiger partial charge in [-0.05, 0) is 43.5 Å². The minimum Gasteiger partial charge on any atom is -0.369 e. The Morgan fingerprint density at radius 2 is 1.80 bits per heavy atom. The van der Waals surface area contributed by atoms with Gasteiger partial charge in [0.25, 0.3) is 0 Å². The van der Waals surface area contributed by atoms with Crippen molar-refractivity contribution in [2.75, 3.05) is 0 Å². The lowest BCUT2D eigenvalue weighted by Crippen LogP contribution is -2.08. The molecule has 1 aromatic carbocycles. The van der Waals surface area contributed by atoms with Gasteiger partial charge >= 0.3 is 0 Å². The van der Waals surface area contributed by atoms with E-state index in [-0.39, 0.29) is 12.3 Å². The monoisotopic (exact) mass is 201 g/mol. The lowest BCUT2D eigenvalue weighted by atomic mass is 10.0. The van der Waals surface area contributed by atoms with Crippen LogP contribution in [0.5, 0.6) is 0 Å². The molecule has 0 radical (unpaired) electrons. The van der Waals surface area contributed by atoms with Crippen LogP contribution in [0.2, 0.25) is 0 Å². The Hall–Kier alpha value is -1.75. The minimum atomic E-state index is -0.385. The first-order valence-electron chi connectivity index (χ1n) is 4.85. The number of amides is 1. The van der Waals surface area contributed by atoms with Crippen LogP contribution in [0.4, 0.5) is 0 Å². The molecular weight excluding hydrogens is 186 g/mol. The first-order valence-corrected chi connectivity index (χ1v) is 4.85. The Kier molecular flexibility index (Phi) is 3.51. The van der Waals surface area contributed by atoms with Crippen LogP contribution < -0.4 is 5.73 Å². The molecule has 2 N–H and O–H groups in total. The number of carbonyl (C=O) groups excluding carboxylic acids is 1. The predicted molar refractivity (Wildman–Crippen MR) is 61.3 cm³/mol. The van der Waals surface area contributed by atoms with E-state index in [1.807, 2.05) is 19.9 Å². The fourth-order valence-electron chi connectivity index (χ4n) is 1.32. The van der Waals surface area contributed by atoms with Crippen LogP contribution in [-0.4, -0.2) is 5.91 Å². The number of hydrogen-bond donors (Lipinski definition) is 1. The third kappa shape index (κ3) is 3.14. The summed E-state index contributed by atoms with van der Waals surface area (Å²) >= 11 is 0. The molecule has 0 spiro atoms. The molecular formula is C13H15NO. The average Bonchev–Trinajstić information content (AvgIpc) is 2.13. The first kappa shape index (κ1) is 11.3. The van der Waals surface area contributed by atoms with Crippen LogP contribution in [0, 0.1) is 32.6 Å². The largest absolute Gasteiger partial charge is 0.369 e. The maximum Gasteiger partial charge on any atom is 0.229 e. The summed E-state index contributed by atoms with van der Waals surface area (Å²) in [6.07, 6.45) is 0.117. The number of carbonyl (C=O) groups is 1. The molecule has 15 heavy (non-hydrogen) atoms. The van der Waals surface area contributed by atoms with E-state index in [0.29, 0.717) is 0 Å². The summed E-state index contributed by atoms with van der Waals surface area (Å²) in [6.45, 7) is 6.14. The highest BCUT2D eigenvalue weighted by molar-refractivity contribution is 5.76. The molecule has 0 atom stereocenters. The quantitative estimate of drug-likeness (QED) is 0.692. The summed E-state index contributed by atoms with van der Waals surface area (Å²) in [5.41, 5.74) is 9.58. The molecule has 1 amide bonds. The van der Waals surface area contributed by atoms with E-state index in [1.54, 1.807) is 0 Å². The maximum atomic E-state index is 10.5. The Balaban J connectivity index is 2.98. The fourth-order valence-corrected chi connectivity index (χ4v) is 1.32. The van der Waals surface area contributed by atoms with Crippen LogP contribution in [0.25, 0.3) is 0 Å². The van der Waals surface area contributed by atoms with E-state index < -0.39 is 0 Å². The van der Waals surface area contributed by atoms with Crippen molar-refractivity contribution < 1.29 is 4.79 Å². The Labute approximate surface area is 90.5 Å². The lowest BCUT2D eigenvalue weighted by molar-refractivity contribution is -0.117. The van der Waals surface area contributed by atoms with Crippen molar-refractivity contribution in [1.82, 2.24) is 0 Å². The zero-order chi connectivity index (χ0) is 11.4. The summed E-state index contributed by atoms with van der Waals surface area (Å²) in [7, 11) is 0.